The highest BCUT2D eigenvalue weighted by Crippen LogP contribution is 2.24. The van der Waals surface area contributed by atoms with Crippen molar-refractivity contribution in [3.63, 3.8) is 0 Å². The minimum absolute atomic E-state index is 0.111. The number of hydrogen-bond donors (Lipinski definition) is 2. The Kier molecular flexibility index (Phi) is 4.98. The SMILES string of the molecule is CC(=O)c1c(C)[nH]c(C(=O)C(C)OC(=O)c2ccc3[nH]c(C)c(C)c3c2)c1C. The first-order valence-electron chi connectivity index (χ1n) is 9.16. The molecule has 28 heavy (non-hydrogen) atoms. The highest BCUT2D eigenvalue weighted by molar-refractivity contribution is 6.06. The topological polar surface area (TPSA) is 92.0 Å². The van der Waals surface area contributed by atoms with Gasteiger partial charge < -0.3 is 14.7 Å². The summed E-state index contributed by atoms with van der Waals surface area (Å²) in [5.41, 5.74) is 5.48. The Labute approximate surface area is 163 Å². The first-order valence-corrected chi connectivity index (χ1v) is 9.16. The molecule has 0 aliphatic rings. The van der Waals surface area contributed by atoms with E-state index in [1.807, 2.05) is 19.9 Å². The van der Waals surface area contributed by atoms with Crippen molar-refractivity contribution in [3.8, 4) is 0 Å². The Balaban J connectivity index is 1.83. The average Bonchev–Trinajstić information content (AvgIpc) is 3.09. The van der Waals surface area contributed by atoms with Gasteiger partial charge in [0.15, 0.2) is 11.9 Å². The molecule has 6 heteroatoms. The molecule has 0 saturated carbocycles. The van der Waals surface area contributed by atoms with Crippen molar-refractivity contribution in [1.29, 1.82) is 0 Å². The number of ether oxygens (including phenoxy) is 1. The van der Waals surface area contributed by atoms with Gasteiger partial charge in [-0.2, -0.15) is 0 Å². The predicted molar refractivity (Wildman–Crippen MR) is 107 cm³/mol. The van der Waals surface area contributed by atoms with E-state index in [1.165, 1.54) is 13.8 Å². The van der Waals surface area contributed by atoms with Gasteiger partial charge in [-0.25, -0.2) is 4.79 Å². The first kappa shape index (κ1) is 19.6. The number of aromatic amines is 2. The number of ketones is 2. The molecule has 1 aromatic carbocycles. The molecule has 0 bridgehead atoms. The van der Waals surface area contributed by atoms with Crippen LogP contribution in [0.5, 0.6) is 0 Å². The Morgan fingerprint density at radius 2 is 1.64 bits per heavy atom. The van der Waals surface area contributed by atoms with Gasteiger partial charge in [0.25, 0.3) is 0 Å². The van der Waals surface area contributed by atoms with Gasteiger partial charge in [0.05, 0.1) is 11.3 Å². The molecule has 0 aliphatic carbocycles. The fourth-order valence-electron chi connectivity index (χ4n) is 3.60. The van der Waals surface area contributed by atoms with Gasteiger partial charge in [0, 0.05) is 27.9 Å². The lowest BCUT2D eigenvalue weighted by Crippen LogP contribution is -2.25. The molecule has 0 saturated heterocycles. The third-order valence-corrected chi connectivity index (χ3v) is 5.23. The Hall–Kier alpha value is -3.15. The van der Waals surface area contributed by atoms with Gasteiger partial charge in [0.1, 0.15) is 0 Å². The molecule has 0 amide bonds. The van der Waals surface area contributed by atoms with E-state index in [0.717, 1.165) is 22.2 Å². The van der Waals surface area contributed by atoms with Crippen molar-refractivity contribution in [2.24, 2.45) is 0 Å². The van der Waals surface area contributed by atoms with Crippen LogP contribution in [0.25, 0.3) is 10.9 Å². The fourth-order valence-corrected chi connectivity index (χ4v) is 3.60. The fraction of sp³-hybridized carbons (Fsp3) is 0.318. The van der Waals surface area contributed by atoms with Gasteiger partial charge in [-0.05, 0) is 70.9 Å². The molecular weight excluding hydrogens is 356 g/mol. The third kappa shape index (κ3) is 3.26. The molecule has 0 aliphatic heterocycles. The highest BCUT2D eigenvalue weighted by Gasteiger charge is 2.26. The predicted octanol–water partition coefficient (Wildman–Crippen LogP) is 4.36. The summed E-state index contributed by atoms with van der Waals surface area (Å²) in [5, 5.41) is 0.952. The van der Waals surface area contributed by atoms with Gasteiger partial charge in [-0.1, -0.05) is 0 Å². The van der Waals surface area contributed by atoms with Crippen LogP contribution in [0.3, 0.4) is 0 Å². The minimum atomic E-state index is -0.978. The summed E-state index contributed by atoms with van der Waals surface area (Å²) in [7, 11) is 0. The summed E-state index contributed by atoms with van der Waals surface area (Å²) in [6.07, 6.45) is -0.978. The van der Waals surface area contributed by atoms with Crippen molar-refractivity contribution >= 4 is 28.4 Å². The molecule has 1 atom stereocenters. The van der Waals surface area contributed by atoms with Crippen molar-refractivity contribution in [2.75, 3.05) is 0 Å². The van der Waals surface area contributed by atoms with E-state index in [2.05, 4.69) is 9.97 Å². The molecule has 146 valence electrons. The van der Waals surface area contributed by atoms with Crippen LogP contribution >= 0.6 is 0 Å². The number of aryl methyl sites for hydroxylation is 3. The molecule has 0 spiro atoms. The second-order valence-electron chi connectivity index (χ2n) is 7.23. The zero-order valence-corrected chi connectivity index (χ0v) is 16.9. The van der Waals surface area contributed by atoms with E-state index in [0.29, 0.717) is 28.1 Å². The van der Waals surface area contributed by atoms with Crippen LogP contribution < -0.4 is 0 Å². The van der Waals surface area contributed by atoms with Crippen LogP contribution in [0, 0.1) is 27.7 Å². The van der Waals surface area contributed by atoms with E-state index in [9.17, 15) is 14.4 Å². The van der Waals surface area contributed by atoms with Crippen LogP contribution in [0.1, 0.15) is 67.6 Å². The molecule has 3 aromatic rings. The quantitative estimate of drug-likeness (QED) is 0.508. The van der Waals surface area contributed by atoms with E-state index >= 15 is 0 Å². The average molecular weight is 380 g/mol. The molecule has 2 aromatic heterocycles. The van der Waals surface area contributed by atoms with Crippen molar-refractivity contribution in [3.05, 3.63) is 57.5 Å². The lowest BCUT2D eigenvalue weighted by molar-refractivity contribution is 0.0317. The number of fused-ring (bicyclic) bond motifs is 1. The zero-order valence-electron chi connectivity index (χ0n) is 16.9. The number of carbonyl (C=O) groups excluding carboxylic acids is 3. The number of H-pyrrole nitrogens is 2. The smallest absolute Gasteiger partial charge is 0.338 e. The molecule has 0 fully saturated rings. The number of hydrogen-bond acceptors (Lipinski definition) is 4. The first-order chi connectivity index (χ1) is 13.1. The van der Waals surface area contributed by atoms with E-state index < -0.39 is 12.1 Å². The molecule has 2 N–H and O–H groups in total. The van der Waals surface area contributed by atoms with Crippen LogP contribution in [0.4, 0.5) is 0 Å². The molecule has 3 rings (SSSR count). The Bertz CT molecular complexity index is 1120. The second kappa shape index (κ2) is 7.11. The lowest BCUT2D eigenvalue weighted by Gasteiger charge is -2.12. The van der Waals surface area contributed by atoms with E-state index in [4.69, 9.17) is 4.74 Å². The number of nitrogens with one attached hydrogen (secondary N) is 2. The van der Waals surface area contributed by atoms with Gasteiger partial charge in [-0.3, -0.25) is 9.59 Å². The Morgan fingerprint density at radius 3 is 2.25 bits per heavy atom. The largest absolute Gasteiger partial charge is 0.451 e. The second-order valence-corrected chi connectivity index (χ2v) is 7.23. The monoisotopic (exact) mass is 380 g/mol. The maximum atomic E-state index is 12.8. The highest BCUT2D eigenvalue weighted by atomic mass is 16.5. The van der Waals surface area contributed by atoms with Gasteiger partial charge in [0.2, 0.25) is 5.78 Å². The summed E-state index contributed by atoms with van der Waals surface area (Å²) in [6.45, 7) is 10.4. The number of Topliss-reactive ketones (excluding diaryl/α,β-unsaturated/α-hetero) is 2. The molecule has 0 radical (unpaired) electrons. The van der Waals surface area contributed by atoms with Crippen LogP contribution in [-0.2, 0) is 4.74 Å². The van der Waals surface area contributed by atoms with Crippen LogP contribution in [0.15, 0.2) is 18.2 Å². The van der Waals surface area contributed by atoms with Crippen molar-refractivity contribution in [2.45, 2.75) is 47.6 Å². The van der Waals surface area contributed by atoms with Crippen molar-refractivity contribution < 1.29 is 19.1 Å². The van der Waals surface area contributed by atoms with Crippen molar-refractivity contribution in [1.82, 2.24) is 9.97 Å². The normalized spacial score (nSPS) is 12.2. The maximum absolute atomic E-state index is 12.8. The maximum Gasteiger partial charge on any atom is 0.338 e. The molecular formula is C22H24N2O4. The number of carbonyl (C=O) groups is 3. The van der Waals surface area contributed by atoms with E-state index in [-0.39, 0.29) is 11.6 Å². The zero-order chi connectivity index (χ0) is 20.7. The molecule has 1 unspecified atom stereocenters. The summed E-state index contributed by atoms with van der Waals surface area (Å²) < 4.78 is 5.41. The van der Waals surface area contributed by atoms with Gasteiger partial charge in [-0.15, -0.1) is 0 Å². The number of rotatable bonds is 5. The summed E-state index contributed by atoms with van der Waals surface area (Å²) in [4.78, 5) is 43.3. The lowest BCUT2D eigenvalue weighted by atomic mass is 10.0. The summed E-state index contributed by atoms with van der Waals surface area (Å²) >= 11 is 0. The standard InChI is InChI=1S/C22H24N2O4/c1-10-12(3)23-18-8-7-16(9-17(10)18)22(27)28-15(6)21(26)20-11(2)19(14(5)25)13(4)24-20/h7-9,15,23-24H,1-6H3. The molecule has 6 nitrogen and oxygen atoms in total. The molecule has 2 heterocycles. The number of aromatic nitrogens is 2. The Morgan fingerprint density at radius 1 is 0.964 bits per heavy atom. The third-order valence-electron chi connectivity index (χ3n) is 5.23. The van der Waals surface area contributed by atoms with Crippen LogP contribution in [0.2, 0.25) is 0 Å². The summed E-state index contributed by atoms with van der Waals surface area (Å²) in [6, 6.07) is 5.27. The van der Waals surface area contributed by atoms with Crippen LogP contribution in [-0.4, -0.2) is 33.6 Å². The van der Waals surface area contributed by atoms with Gasteiger partial charge >= 0.3 is 5.97 Å². The number of benzene rings is 1. The van der Waals surface area contributed by atoms with E-state index in [1.54, 1.807) is 26.0 Å². The minimum Gasteiger partial charge on any atom is -0.451 e. The summed E-state index contributed by atoms with van der Waals surface area (Å²) in [5.74, 6) is -1.04. The number of esters is 1.